The van der Waals surface area contributed by atoms with Gasteiger partial charge in [0.05, 0.1) is 6.04 Å². The van der Waals surface area contributed by atoms with Gasteiger partial charge in [-0.3, -0.25) is 9.59 Å². The number of alkyl halides is 1. The number of ether oxygens (including phenoxy) is 1. The molecule has 26 heavy (non-hydrogen) atoms. The number of rotatable bonds is 4. The van der Waals surface area contributed by atoms with Crippen LogP contribution in [0.1, 0.15) is 28.5 Å². The normalized spacial score (nSPS) is 16.0. The predicted octanol–water partition coefficient (Wildman–Crippen LogP) is 2.26. The van der Waals surface area contributed by atoms with Crippen molar-refractivity contribution in [2.24, 2.45) is 5.73 Å². The molecule has 1 aromatic heterocycles. The monoisotopic (exact) mass is 377 g/mol. The molecule has 0 spiro atoms. The number of primary amides is 1. The molecular weight excluding hydrogens is 361 g/mol. The van der Waals surface area contributed by atoms with E-state index in [0.29, 0.717) is 17.7 Å². The van der Waals surface area contributed by atoms with Crippen LogP contribution in [0.25, 0.3) is 0 Å². The second-order valence-electron chi connectivity index (χ2n) is 6.05. The van der Waals surface area contributed by atoms with E-state index in [9.17, 15) is 14.0 Å². The molecule has 0 fully saturated rings. The summed E-state index contributed by atoms with van der Waals surface area (Å²) < 4.78 is 18.7. The lowest BCUT2D eigenvalue weighted by atomic mass is 10.0. The zero-order valence-corrected chi connectivity index (χ0v) is 14.8. The van der Waals surface area contributed by atoms with Gasteiger partial charge in [-0.1, -0.05) is 12.1 Å². The third-order valence-corrected chi connectivity index (χ3v) is 4.36. The average molecular weight is 378 g/mol. The summed E-state index contributed by atoms with van der Waals surface area (Å²) in [6.07, 6.45) is 0.302. The number of pyridine rings is 1. The van der Waals surface area contributed by atoms with Crippen LogP contribution in [-0.2, 0) is 11.2 Å². The molecular formula is C18H17ClFN3O3. The molecule has 0 bridgehead atoms. The Balaban J connectivity index is 2.08. The van der Waals surface area contributed by atoms with Crippen LogP contribution in [-0.4, -0.2) is 35.3 Å². The molecule has 0 radical (unpaired) electrons. The molecule has 2 amide bonds. The van der Waals surface area contributed by atoms with E-state index in [2.05, 4.69) is 4.98 Å². The number of carbonyl (C=O) groups excluding carboxylic acids is 2. The summed E-state index contributed by atoms with van der Waals surface area (Å²) in [5.41, 5.74) is 7.25. The molecule has 1 aromatic carbocycles. The van der Waals surface area contributed by atoms with Gasteiger partial charge in [0.1, 0.15) is 29.7 Å². The third kappa shape index (κ3) is 3.48. The quantitative estimate of drug-likeness (QED) is 0.828. The minimum atomic E-state index is -0.706. The number of carbonyl (C=O) groups is 2. The summed E-state index contributed by atoms with van der Waals surface area (Å²) >= 11 is 5.72. The Morgan fingerprint density at radius 1 is 1.38 bits per heavy atom. The van der Waals surface area contributed by atoms with Crippen molar-refractivity contribution in [3.8, 4) is 5.88 Å². The number of fused-ring (bicyclic) bond motifs is 1. The van der Waals surface area contributed by atoms with E-state index in [1.165, 1.54) is 17.0 Å². The van der Waals surface area contributed by atoms with E-state index in [0.717, 1.165) is 5.56 Å². The molecule has 2 N–H and O–H groups in total. The molecule has 0 unspecified atom stereocenters. The van der Waals surface area contributed by atoms with Crippen molar-refractivity contribution < 1.29 is 18.7 Å². The van der Waals surface area contributed by atoms with Crippen molar-refractivity contribution in [3.05, 3.63) is 53.0 Å². The van der Waals surface area contributed by atoms with Gasteiger partial charge in [-0.05, 0) is 42.7 Å². The minimum Gasteiger partial charge on any atom is -0.474 e. The Morgan fingerprint density at radius 2 is 2.08 bits per heavy atom. The first-order valence-electron chi connectivity index (χ1n) is 7.99. The second kappa shape index (κ2) is 7.29. The van der Waals surface area contributed by atoms with Crippen molar-refractivity contribution in [3.63, 3.8) is 0 Å². The molecule has 1 atom stereocenters. The van der Waals surface area contributed by atoms with Gasteiger partial charge >= 0.3 is 0 Å². The van der Waals surface area contributed by atoms with E-state index in [4.69, 9.17) is 22.1 Å². The highest BCUT2D eigenvalue weighted by atomic mass is 35.5. The van der Waals surface area contributed by atoms with Gasteiger partial charge in [0.15, 0.2) is 0 Å². The number of hydrogen-bond acceptors (Lipinski definition) is 4. The number of amides is 2. The van der Waals surface area contributed by atoms with Crippen LogP contribution in [0.2, 0.25) is 0 Å². The molecule has 1 aliphatic heterocycles. The Bertz CT molecular complexity index is 858. The number of nitrogens with two attached hydrogens (primary N) is 1. The maximum Gasteiger partial charge on any atom is 0.267 e. The van der Waals surface area contributed by atoms with E-state index in [1.54, 1.807) is 18.2 Å². The lowest BCUT2D eigenvalue weighted by Crippen LogP contribution is -2.46. The van der Waals surface area contributed by atoms with Crippen LogP contribution in [0, 0.1) is 5.82 Å². The van der Waals surface area contributed by atoms with Gasteiger partial charge in [-0.2, -0.15) is 0 Å². The molecule has 0 aliphatic carbocycles. The summed E-state index contributed by atoms with van der Waals surface area (Å²) in [5.74, 6) is -1.37. The third-order valence-electron chi connectivity index (χ3n) is 4.13. The van der Waals surface area contributed by atoms with Gasteiger partial charge in [-0.25, -0.2) is 9.37 Å². The Kier molecular flexibility index (Phi) is 5.08. The molecule has 2 heterocycles. The average Bonchev–Trinajstić information content (AvgIpc) is 2.62. The molecule has 6 nitrogen and oxygen atoms in total. The summed E-state index contributed by atoms with van der Waals surface area (Å²) in [5, 5.41) is 0. The summed E-state index contributed by atoms with van der Waals surface area (Å²) in [6.45, 7) is 2.06. The van der Waals surface area contributed by atoms with Crippen molar-refractivity contribution >= 4 is 29.1 Å². The fourth-order valence-electron chi connectivity index (χ4n) is 2.93. The fourth-order valence-corrected chi connectivity index (χ4v) is 3.06. The molecule has 3 rings (SSSR count). The van der Waals surface area contributed by atoms with E-state index < -0.39 is 5.91 Å². The highest BCUT2D eigenvalue weighted by Crippen LogP contribution is 2.35. The minimum absolute atomic E-state index is 0.0564. The number of anilines is 1. The first kappa shape index (κ1) is 18.1. The van der Waals surface area contributed by atoms with Gasteiger partial charge in [-0.15, -0.1) is 11.6 Å². The van der Waals surface area contributed by atoms with Gasteiger partial charge in [0.25, 0.3) is 5.91 Å². The Morgan fingerprint density at radius 3 is 2.69 bits per heavy atom. The smallest absolute Gasteiger partial charge is 0.267 e. The van der Waals surface area contributed by atoms with Crippen molar-refractivity contribution in [2.45, 2.75) is 19.4 Å². The molecule has 0 saturated carbocycles. The zero-order chi connectivity index (χ0) is 18.8. The van der Waals surface area contributed by atoms with Crippen LogP contribution in [0.4, 0.5) is 10.1 Å². The lowest BCUT2D eigenvalue weighted by molar-refractivity contribution is -0.117. The Labute approximate surface area is 154 Å². The van der Waals surface area contributed by atoms with E-state index in [-0.39, 0.29) is 41.8 Å². The predicted molar refractivity (Wildman–Crippen MR) is 95.1 cm³/mol. The van der Waals surface area contributed by atoms with E-state index >= 15 is 0 Å². The van der Waals surface area contributed by atoms with Crippen LogP contribution < -0.4 is 15.4 Å². The fraction of sp³-hybridized carbons (Fsp3) is 0.278. The van der Waals surface area contributed by atoms with Crippen LogP contribution in [0.15, 0.2) is 30.3 Å². The van der Waals surface area contributed by atoms with Crippen molar-refractivity contribution in [1.29, 1.82) is 0 Å². The van der Waals surface area contributed by atoms with Gasteiger partial charge in [0.2, 0.25) is 11.8 Å². The van der Waals surface area contributed by atoms with E-state index in [1.807, 2.05) is 6.92 Å². The van der Waals surface area contributed by atoms with Gasteiger partial charge in [0, 0.05) is 0 Å². The molecule has 1 aliphatic rings. The summed E-state index contributed by atoms with van der Waals surface area (Å²) in [7, 11) is 0. The SMILES string of the molecule is C[C@H]1COc2nc(C(N)=O)c(Cc3ccc(F)cc3)cc2N1C(=O)CCl. The Hall–Kier alpha value is -2.67. The number of benzene rings is 1. The van der Waals surface area contributed by atoms with Crippen molar-refractivity contribution in [1.82, 2.24) is 4.98 Å². The highest BCUT2D eigenvalue weighted by Gasteiger charge is 2.31. The first-order chi connectivity index (χ1) is 12.4. The highest BCUT2D eigenvalue weighted by molar-refractivity contribution is 6.29. The van der Waals surface area contributed by atoms with Gasteiger partial charge < -0.3 is 15.4 Å². The number of hydrogen-bond donors (Lipinski definition) is 1. The molecule has 136 valence electrons. The molecule has 0 saturated heterocycles. The maximum atomic E-state index is 13.1. The largest absolute Gasteiger partial charge is 0.474 e. The number of halogens is 2. The second-order valence-corrected chi connectivity index (χ2v) is 6.31. The molecule has 8 heteroatoms. The standard InChI is InChI=1S/C18H17ClFN3O3/c1-10-9-26-18-14(23(10)15(24)8-19)7-12(16(22-18)17(21)25)6-11-2-4-13(20)5-3-11/h2-5,7,10H,6,8-9H2,1H3,(H2,21,25)/t10-/m0/s1. The topological polar surface area (TPSA) is 85.5 Å². The lowest BCUT2D eigenvalue weighted by Gasteiger charge is -2.34. The number of aromatic nitrogens is 1. The van der Waals surface area contributed by atoms with Crippen LogP contribution >= 0.6 is 11.6 Å². The molecule has 2 aromatic rings. The van der Waals surface area contributed by atoms with Crippen LogP contribution in [0.5, 0.6) is 5.88 Å². The summed E-state index contributed by atoms with van der Waals surface area (Å²) in [4.78, 5) is 29.8. The summed E-state index contributed by atoms with van der Waals surface area (Å²) in [6, 6.07) is 7.32. The number of nitrogens with zero attached hydrogens (tertiary/aromatic N) is 2. The first-order valence-corrected chi connectivity index (χ1v) is 8.53. The van der Waals surface area contributed by atoms with Crippen LogP contribution in [0.3, 0.4) is 0 Å². The van der Waals surface area contributed by atoms with Crippen molar-refractivity contribution in [2.75, 3.05) is 17.4 Å². The zero-order valence-electron chi connectivity index (χ0n) is 14.0. The maximum absolute atomic E-state index is 13.1.